The van der Waals surface area contributed by atoms with E-state index in [0.29, 0.717) is 10.8 Å². The molecule has 6 heteroatoms. The summed E-state index contributed by atoms with van der Waals surface area (Å²) < 4.78 is 6.69. The van der Waals surface area contributed by atoms with Crippen LogP contribution in [0.3, 0.4) is 0 Å². The lowest BCUT2D eigenvalue weighted by Gasteiger charge is -2.03. The molecule has 0 aliphatic rings. The third kappa shape index (κ3) is 2.40. The third-order valence-corrected chi connectivity index (χ3v) is 5.36. The van der Waals surface area contributed by atoms with Crippen molar-refractivity contribution < 1.29 is 14.6 Å². The summed E-state index contributed by atoms with van der Waals surface area (Å²) in [5.41, 5.74) is 0. The number of carboxylic acid groups (broad SMARTS) is 1. The van der Waals surface area contributed by atoms with E-state index in [2.05, 4.69) is 0 Å². The van der Waals surface area contributed by atoms with Gasteiger partial charge in [0.25, 0.3) is 0 Å². The van der Waals surface area contributed by atoms with Gasteiger partial charge in [0, 0.05) is 10.1 Å². The highest BCUT2D eigenvalue weighted by Crippen LogP contribution is 2.36. The van der Waals surface area contributed by atoms with Gasteiger partial charge in [0.2, 0.25) is 0 Å². The molecule has 0 amide bonds. The summed E-state index contributed by atoms with van der Waals surface area (Å²) in [5, 5.41) is 12.4. The molecule has 0 unspecified atom stereocenters. The molecule has 0 aliphatic heterocycles. The molecule has 0 spiro atoms. The molecule has 0 bridgehead atoms. The minimum Gasteiger partial charge on any atom is -0.486 e. The lowest BCUT2D eigenvalue weighted by atomic mass is 10.2. The largest absolute Gasteiger partial charge is 0.486 e. The number of halogens is 1. The van der Waals surface area contributed by atoms with Crippen LogP contribution in [0, 0.1) is 0 Å². The highest BCUT2D eigenvalue weighted by Gasteiger charge is 2.15. The summed E-state index contributed by atoms with van der Waals surface area (Å²) in [6, 6.07) is 9.52. The quantitative estimate of drug-likeness (QED) is 0.743. The van der Waals surface area contributed by atoms with Crippen molar-refractivity contribution in [3.05, 3.63) is 50.5 Å². The zero-order valence-corrected chi connectivity index (χ0v) is 12.5. The first kappa shape index (κ1) is 13.4. The molecule has 3 aromatic rings. The molecule has 20 heavy (non-hydrogen) atoms. The van der Waals surface area contributed by atoms with Gasteiger partial charge in [-0.05, 0) is 17.5 Å². The van der Waals surface area contributed by atoms with Crippen LogP contribution in [0.15, 0.2) is 35.7 Å². The monoisotopic (exact) mass is 324 g/mol. The zero-order chi connectivity index (χ0) is 14.1. The van der Waals surface area contributed by atoms with E-state index >= 15 is 0 Å². The first-order valence-corrected chi connectivity index (χ1v) is 7.83. The maximum atomic E-state index is 11.0. The van der Waals surface area contributed by atoms with Gasteiger partial charge in [-0.3, -0.25) is 0 Å². The Morgan fingerprint density at radius 3 is 2.85 bits per heavy atom. The number of ether oxygens (including phenoxy) is 1. The van der Waals surface area contributed by atoms with E-state index in [1.54, 1.807) is 22.8 Å². The van der Waals surface area contributed by atoms with Gasteiger partial charge in [-0.15, -0.1) is 22.7 Å². The van der Waals surface area contributed by atoms with Crippen LogP contribution in [-0.4, -0.2) is 11.1 Å². The van der Waals surface area contributed by atoms with Crippen LogP contribution in [0.2, 0.25) is 5.02 Å². The molecule has 2 heterocycles. The second-order valence-electron chi connectivity index (χ2n) is 4.04. The van der Waals surface area contributed by atoms with Crippen molar-refractivity contribution in [2.75, 3.05) is 0 Å². The van der Waals surface area contributed by atoms with E-state index in [4.69, 9.17) is 21.4 Å². The number of fused-ring (bicyclic) bond motifs is 1. The first-order chi connectivity index (χ1) is 9.66. The number of carbonyl (C=O) groups is 1. The Balaban J connectivity index is 1.85. The van der Waals surface area contributed by atoms with Gasteiger partial charge in [0.1, 0.15) is 12.4 Å². The Kier molecular flexibility index (Phi) is 3.65. The number of hydrogen-bond acceptors (Lipinski definition) is 4. The molecule has 2 aromatic heterocycles. The van der Waals surface area contributed by atoms with Crippen LogP contribution in [0.5, 0.6) is 5.75 Å². The van der Waals surface area contributed by atoms with Crippen molar-refractivity contribution in [3.63, 3.8) is 0 Å². The van der Waals surface area contributed by atoms with E-state index < -0.39 is 5.97 Å². The van der Waals surface area contributed by atoms with Crippen LogP contribution in [0.25, 0.3) is 10.1 Å². The van der Waals surface area contributed by atoms with Crippen LogP contribution in [0.4, 0.5) is 0 Å². The number of benzene rings is 1. The van der Waals surface area contributed by atoms with Gasteiger partial charge in [0.15, 0.2) is 4.88 Å². The maximum Gasteiger partial charge on any atom is 0.349 e. The Bertz CT molecular complexity index is 776. The summed E-state index contributed by atoms with van der Waals surface area (Å²) >= 11 is 9.02. The van der Waals surface area contributed by atoms with Crippen molar-refractivity contribution in [3.8, 4) is 5.75 Å². The molecule has 0 atom stereocenters. The van der Waals surface area contributed by atoms with Crippen molar-refractivity contribution in [1.82, 2.24) is 0 Å². The van der Waals surface area contributed by atoms with Crippen LogP contribution < -0.4 is 4.74 Å². The molecular formula is C14H9ClO3S2. The summed E-state index contributed by atoms with van der Waals surface area (Å²) in [6.45, 7) is 0.273. The fourth-order valence-corrected chi connectivity index (χ4v) is 3.94. The maximum absolute atomic E-state index is 11.0. The molecule has 0 saturated carbocycles. The second kappa shape index (κ2) is 5.44. The standard InChI is InChI=1S/C14H9ClO3S2/c15-12-8-3-1-2-4-10(8)20-11(12)7-18-9-5-6-19-13(9)14(16)17/h1-6H,7H2,(H,16,17). The second-order valence-corrected chi connectivity index (χ2v) is 6.47. The number of thiophene rings is 2. The Morgan fingerprint density at radius 1 is 1.30 bits per heavy atom. The molecule has 0 fully saturated rings. The highest BCUT2D eigenvalue weighted by atomic mass is 35.5. The van der Waals surface area contributed by atoms with Crippen LogP contribution in [0.1, 0.15) is 14.5 Å². The minimum atomic E-state index is -0.975. The van der Waals surface area contributed by atoms with Gasteiger partial charge in [-0.25, -0.2) is 4.79 Å². The van der Waals surface area contributed by atoms with Gasteiger partial charge in [0.05, 0.1) is 9.90 Å². The predicted molar refractivity (Wildman–Crippen MR) is 82.4 cm³/mol. The number of rotatable bonds is 4. The summed E-state index contributed by atoms with van der Waals surface area (Å²) in [5.74, 6) is -0.589. The Labute approximate surface area is 128 Å². The van der Waals surface area contributed by atoms with E-state index in [0.717, 1.165) is 26.3 Å². The summed E-state index contributed by atoms with van der Waals surface area (Å²) in [4.78, 5) is 12.1. The highest BCUT2D eigenvalue weighted by molar-refractivity contribution is 7.19. The van der Waals surface area contributed by atoms with Crippen LogP contribution in [-0.2, 0) is 6.61 Å². The van der Waals surface area contributed by atoms with Crippen molar-refractivity contribution in [1.29, 1.82) is 0 Å². The zero-order valence-electron chi connectivity index (χ0n) is 10.1. The molecule has 1 N–H and O–H groups in total. The molecule has 102 valence electrons. The normalized spacial score (nSPS) is 10.8. The fourth-order valence-electron chi connectivity index (χ4n) is 1.87. The Morgan fingerprint density at radius 2 is 2.10 bits per heavy atom. The smallest absolute Gasteiger partial charge is 0.349 e. The van der Waals surface area contributed by atoms with Crippen molar-refractivity contribution in [2.24, 2.45) is 0 Å². The molecule has 3 nitrogen and oxygen atoms in total. The number of carboxylic acids is 1. The number of aromatic carboxylic acids is 1. The lowest BCUT2D eigenvalue weighted by molar-refractivity contribution is 0.0697. The minimum absolute atomic E-state index is 0.210. The predicted octanol–water partition coefficient (Wildman–Crippen LogP) is 4.89. The van der Waals surface area contributed by atoms with Crippen LogP contribution >= 0.6 is 34.3 Å². The molecule has 0 radical (unpaired) electrons. The van der Waals surface area contributed by atoms with Gasteiger partial charge < -0.3 is 9.84 Å². The van der Waals surface area contributed by atoms with Crippen molar-refractivity contribution >= 4 is 50.3 Å². The van der Waals surface area contributed by atoms with E-state index in [1.165, 1.54) is 0 Å². The van der Waals surface area contributed by atoms with Crippen molar-refractivity contribution in [2.45, 2.75) is 6.61 Å². The summed E-state index contributed by atoms with van der Waals surface area (Å²) in [7, 11) is 0. The Hall–Kier alpha value is -1.56. The van der Waals surface area contributed by atoms with Gasteiger partial charge in [-0.2, -0.15) is 0 Å². The molecule has 1 aromatic carbocycles. The van der Waals surface area contributed by atoms with E-state index in [9.17, 15) is 4.79 Å². The molecule has 0 aliphatic carbocycles. The third-order valence-electron chi connectivity index (χ3n) is 2.78. The number of hydrogen-bond donors (Lipinski definition) is 1. The molecule has 3 rings (SSSR count). The summed E-state index contributed by atoms with van der Waals surface area (Å²) in [6.07, 6.45) is 0. The molecule has 0 saturated heterocycles. The average molecular weight is 325 g/mol. The SMILES string of the molecule is O=C(O)c1sccc1OCc1sc2ccccc2c1Cl. The fraction of sp³-hybridized carbons (Fsp3) is 0.0714. The van der Waals surface area contributed by atoms with Gasteiger partial charge >= 0.3 is 5.97 Å². The van der Waals surface area contributed by atoms with E-state index in [1.807, 2.05) is 24.3 Å². The van der Waals surface area contributed by atoms with Gasteiger partial charge in [-0.1, -0.05) is 29.8 Å². The average Bonchev–Trinajstić information content (AvgIpc) is 3.02. The lowest BCUT2D eigenvalue weighted by Crippen LogP contribution is -1.99. The topological polar surface area (TPSA) is 46.5 Å². The van der Waals surface area contributed by atoms with E-state index in [-0.39, 0.29) is 11.5 Å². The first-order valence-electron chi connectivity index (χ1n) is 5.76. The molecular weight excluding hydrogens is 316 g/mol.